The predicted molar refractivity (Wildman–Crippen MR) is 151 cm³/mol. The molecule has 1 aliphatic carbocycles. The van der Waals surface area contributed by atoms with Crippen molar-refractivity contribution in [3.8, 4) is 11.1 Å². The summed E-state index contributed by atoms with van der Waals surface area (Å²) in [5.41, 5.74) is 7.52. The van der Waals surface area contributed by atoms with E-state index in [9.17, 15) is 13.2 Å². The Morgan fingerprint density at radius 1 is 1.00 bits per heavy atom. The summed E-state index contributed by atoms with van der Waals surface area (Å²) in [5.74, 6) is -0.175. The summed E-state index contributed by atoms with van der Waals surface area (Å²) >= 11 is 2.22. The highest BCUT2D eigenvalue weighted by Crippen LogP contribution is 2.44. The monoisotopic (exact) mass is 636 g/mol. The molecule has 0 N–H and O–H groups in total. The highest BCUT2D eigenvalue weighted by molar-refractivity contribution is 14.1. The number of hydrogen-bond donors (Lipinski definition) is 0. The highest BCUT2D eigenvalue weighted by atomic mass is 127. The minimum atomic E-state index is -3.64. The lowest BCUT2D eigenvalue weighted by molar-refractivity contribution is 0.0977. The third kappa shape index (κ3) is 5.21. The Bertz CT molecular complexity index is 1380. The van der Waals surface area contributed by atoms with Gasteiger partial charge in [0.1, 0.15) is 6.61 Å². The Labute approximate surface area is 229 Å². The molecule has 0 aromatic heterocycles. The Balaban J connectivity index is 1.23. The van der Waals surface area contributed by atoms with Crippen molar-refractivity contribution in [2.24, 2.45) is 0 Å². The molecule has 0 bridgehead atoms. The van der Waals surface area contributed by atoms with Gasteiger partial charge in [0, 0.05) is 52.0 Å². The molecule has 0 unspecified atom stereocenters. The van der Waals surface area contributed by atoms with Crippen molar-refractivity contribution in [3.63, 3.8) is 0 Å². The van der Waals surface area contributed by atoms with Crippen LogP contribution in [0.15, 0.2) is 60.7 Å². The second kappa shape index (κ2) is 10.2. The molecule has 2 aliphatic rings. The van der Waals surface area contributed by atoms with E-state index in [4.69, 9.17) is 15.4 Å². The van der Waals surface area contributed by atoms with Crippen molar-refractivity contribution in [2.75, 3.05) is 37.7 Å². The molecule has 0 spiro atoms. The van der Waals surface area contributed by atoms with Gasteiger partial charge in [-0.25, -0.2) is 13.2 Å². The van der Waals surface area contributed by atoms with Crippen LogP contribution in [-0.4, -0.2) is 52.2 Å². The molecule has 1 fully saturated rings. The fraction of sp³-hybridized carbons (Fsp3) is 0.296. The number of carbonyl (C=O) groups is 1. The van der Waals surface area contributed by atoms with Crippen LogP contribution in [0.25, 0.3) is 11.1 Å². The molecule has 3 aromatic rings. The number of carbonyl (C=O) groups excluding carboxylic acids is 1. The standard InChI is InChI=1S/C27H26ClIN2O4S/c1-18-25(29)14-19(17-36(28,33)34)15-26(18)30-10-12-31(13-11-30)27(32)35-16-24-22-8-4-2-6-20(22)21-7-3-5-9-23(21)24/h2-9,14-15,24H,10-13,16-17H2,1H3. The number of halogens is 2. The van der Waals surface area contributed by atoms with E-state index in [1.165, 1.54) is 22.3 Å². The van der Waals surface area contributed by atoms with Crippen molar-refractivity contribution in [1.82, 2.24) is 4.90 Å². The van der Waals surface area contributed by atoms with Gasteiger partial charge < -0.3 is 14.5 Å². The van der Waals surface area contributed by atoms with E-state index in [1.54, 1.807) is 4.90 Å². The summed E-state index contributed by atoms with van der Waals surface area (Å²) in [6.07, 6.45) is -0.301. The first-order valence-corrected chi connectivity index (χ1v) is 15.3. The van der Waals surface area contributed by atoms with E-state index in [-0.39, 0.29) is 17.8 Å². The van der Waals surface area contributed by atoms with E-state index in [2.05, 4.69) is 51.8 Å². The number of rotatable bonds is 5. The molecule has 0 saturated carbocycles. The van der Waals surface area contributed by atoms with Gasteiger partial charge in [0.2, 0.25) is 9.05 Å². The van der Waals surface area contributed by atoms with Gasteiger partial charge in [0.05, 0.1) is 5.75 Å². The maximum Gasteiger partial charge on any atom is 0.409 e. The average Bonchev–Trinajstić information content (AvgIpc) is 3.17. The van der Waals surface area contributed by atoms with Crippen LogP contribution in [0.2, 0.25) is 0 Å². The normalized spacial score (nSPS) is 15.5. The van der Waals surface area contributed by atoms with Gasteiger partial charge in [0.15, 0.2) is 0 Å². The molecule has 9 heteroatoms. The van der Waals surface area contributed by atoms with Crippen LogP contribution >= 0.6 is 33.3 Å². The summed E-state index contributed by atoms with van der Waals surface area (Å²) in [6, 6.07) is 20.3. The molecule has 0 atom stereocenters. The zero-order chi connectivity index (χ0) is 25.4. The second-order valence-electron chi connectivity index (χ2n) is 9.18. The zero-order valence-electron chi connectivity index (χ0n) is 19.8. The largest absolute Gasteiger partial charge is 0.448 e. The lowest BCUT2D eigenvalue weighted by Crippen LogP contribution is -2.49. The lowest BCUT2D eigenvalue weighted by Gasteiger charge is -2.36. The quantitative estimate of drug-likeness (QED) is 0.264. The third-order valence-electron chi connectivity index (χ3n) is 6.93. The highest BCUT2D eigenvalue weighted by Gasteiger charge is 2.30. The van der Waals surface area contributed by atoms with Gasteiger partial charge in [0.25, 0.3) is 0 Å². The van der Waals surface area contributed by atoms with Crippen LogP contribution in [0.1, 0.15) is 28.2 Å². The molecule has 188 valence electrons. The minimum absolute atomic E-state index is 0.0355. The molecule has 5 rings (SSSR count). The van der Waals surface area contributed by atoms with Gasteiger partial charge >= 0.3 is 6.09 Å². The van der Waals surface area contributed by atoms with Gasteiger partial charge in [-0.1, -0.05) is 48.5 Å². The SMILES string of the molecule is Cc1c(I)cc(CS(=O)(=O)Cl)cc1N1CCN(C(=O)OCC2c3ccccc3-c3ccccc32)CC1. The molecule has 1 aliphatic heterocycles. The molecule has 6 nitrogen and oxygen atoms in total. The van der Waals surface area contributed by atoms with Crippen molar-refractivity contribution < 1.29 is 17.9 Å². The summed E-state index contributed by atoms with van der Waals surface area (Å²) in [7, 11) is 1.84. The Hall–Kier alpha value is -2.30. The van der Waals surface area contributed by atoms with Crippen molar-refractivity contribution in [1.29, 1.82) is 0 Å². The first-order chi connectivity index (χ1) is 17.2. The van der Waals surface area contributed by atoms with Crippen LogP contribution < -0.4 is 4.90 Å². The van der Waals surface area contributed by atoms with Crippen LogP contribution in [0, 0.1) is 10.5 Å². The molecule has 1 heterocycles. The van der Waals surface area contributed by atoms with E-state index in [0.29, 0.717) is 38.3 Å². The summed E-state index contributed by atoms with van der Waals surface area (Å²) in [6.45, 7) is 4.67. The zero-order valence-corrected chi connectivity index (χ0v) is 23.5. The molecule has 1 amide bonds. The third-order valence-corrected chi connectivity index (χ3v) is 9.06. The molecule has 0 radical (unpaired) electrons. The second-order valence-corrected chi connectivity index (χ2v) is 13.1. The molecule has 3 aromatic carbocycles. The number of ether oxygens (including phenoxy) is 1. The number of fused-ring (bicyclic) bond motifs is 3. The predicted octanol–water partition coefficient (Wildman–Crippen LogP) is 5.74. The van der Waals surface area contributed by atoms with E-state index >= 15 is 0 Å². The molecule has 1 saturated heterocycles. The van der Waals surface area contributed by atoms with Crippen LogP contribution in [-0.2, 0) is 19.5 Å². The van der Waals surface area contributed by atoms with Crippen LogP contribution in [0.3, 0.4) is 0 Å². The fourth-order valence-electron chi connectivity index (χ4n) is 5.14. The Morgan fingerprint density at radius 2 is 1.58 bits per heavy atom. The minimum Gasteiger partial charge on any atom is -0.448 e. The Kier molecular flexibility index (Phi) is 7.20. The van der Waals surface area contributed by atoms with Gasteiger partial charge in [-0.05, 0) is 75.0 Å². The van der Waals surface area contributed by atoms with Gasteiger partial charge in [-0.2, -0.15) is 0 Å². The molecule has 36 heavy (non-hydrogen) atoms. The summed E-state index contributed by atoms with van der Waals surface area (Å²) in [4.78, 5) is 16.9. The average molecular weight is 637 g/mol. The maximum atomic E-state index is 13.0. The van der Waals surface area contributed by atoms with E-state index in [0.717, 1.165) is 14.8 Å². The molecular weight excluding hydrogens is 611 g/mol. The molecular formula is C27H26ClIN2O4S. The van der Waals surface area contributed by atoms with Crippen LogP contribution in [0.5, 0.6) is 0 Å². The first kappa shape index (κ1) is 25.4. The number of benzene rings is 3. The summed E-state index contributed by atoms with van der Waals surface area (Å²) in [5, 5.41) is 0. The number of anilines is 1. The number of nitrogens with zero attached hydrogens (tertiary/aromatic N) is 2. The number of amides is 1. The fourth-order valence-corrected chi connectivity index (χ4v) is 6.76. The van der Waals surface area contributed by atoms with Gasteiger partial charge in [-0.3, -0.25) is 0 Å². The van der Waals surface area contributed by atoms with Gasteiger partial charge in [-0.15, -0.1) is 0 Å². The maximum absolute atomic E-state index is 13.0. The summed E-state index contributed by atoms with van der Waals surface area (Å²) < 4.78 is 30.0. The van der Waals surface area contributed by atoms with E-state index in [1.807, 2.05) is 43.3 Å². The lowest BCUT2D eigenvalue weighted by atomic mass is 9.98. The first-order valence-electron chi connectivity index (χ1n) is 11.8. The van der Waals surface area contributed by atoms with Crippen molar-refractivity contribution in [3.05, 3.63) is 86.5 Å². The van der Waals surface area contributed by atoms with Crippen LogP contribution in [0.4, 0.5) is 10.5 Å². The number of piperazine rings is 1. The van der Waals surface area contributed by atoms with E-state index < -0.39 is 9.05 Å². The van der Waals surface area contributed by atoms with Crippen molar-refractivity contribution in [2.45, 2.75) is 18.6 Å². The topological polar surface area (TPSA) is 66.9 Å². The number of hydrogen-bond acceptors (Lipinski definition) is 5. The Morgan fingerprint density at radius 3 is 2.17 bits per heavy atom. The van der Waals surface area contributed by atoms with Crippen molar-refractivity contribution >= 4 is 54.1 Å². The smallest absolute Gasteiger partial charge is 0.409 e.